The third kappa shape index (κ3) is 3.97. The first-order chi connectivity index (χ1) is 12.3. The van der Waals surface area contributed by atoms with Gasteiger partial charge in [0.25, 0.3) is 15.9 Å². The minimum Gasteiger partial charge on any atom is -0.478 e. The molecule has 3 N–H and O–H groups in total. The first-order valence-electron chi connectivity index (χ1n) is 7.73. The van der Waals surface area contributed by atoms with Crippen LogP contribution in [-0.2, 0) is 10.0 Å². The van der Waals surface area contributed by atoms with Gasteiger partial charge in [0.1, 0.15) is 0 Å². The Kier molecular flexibility index (Phi) is 4.88. The number of carboxylic acids is 1. The molecule has 1 aliphatic rings. The summed E-state index contributed by atoms with van der Waals surface area (Å²) in [5.74, 6) is -1.70. The maximum Gasteiger partial charge on any atom is 0.337 e. The van der Waals surface area contributed by atoms with E-state index in [1.807, 2.05) is 0 Å². The number of rotatable bonds is 6. The molecule has 1 aliphatic carbocycles. The van der Waals surface area contributed by atoms with Gasteiger partial charge in [-0.3, -0.25) is 9.52 Å². The molecule has 3 rings (SSSR count). The fraction of sp³-hybridized carbons (Fsp3) is 0.176. The number of hydrogen-bond acceptors (Lipinski definition) is 4. The Labute approximate surface area is 155 Å². The van der Waals surface area contributed by atoms with E-state index in [0.29, 0.717) is 0 Å². The van der Waals surface area contributed by atoms with Gasteiger partial charge in [-0.05, 0) is 43.2 Å². The van der Waals surface area contributed by atoms with E-state index in [0.717, 1.165) is 18.9 Å². The second-order valence-electron chi connectivity index (χ2n) is 5.85. The fourth-order valence-corrected chi connectivity index (χ4v) is 3.60. The number of amides is 1. The summed E-state index contributed by atoms with van der Waals surface area (Å²) >= 11 is 5.77. The Morgan fingerprint density at radius 1 is 1.08 bits per heavy atom. The van der Waals surface area contributed by atoms with Gasteiger partial charge in [0.2, 0.25) is 0 Å². The molecule has 1 fully saturated rings. The minimum atomic E-state index is -4.11. The molecule has 0 saturated heterocycles. The molecule has 1 saturated carbocycles. The second kappa shape index (κ2) is 6.97. The third-order valence-corrected chi connectivity index (χ3v) is 5.50. The number of anilines is 1. The van der Waals surface area contributed by atoms with Crippen LogP contribution in [0, 0.1) is 0 Å². The zero-order chi connectivity index (χ0) is 18.9. The highest BCUT2D eigenvalue weighted by Crippen LogP contribution is 2.25. The van der Waals surface area contributed by atoms with Crippen molar-refractivity contribution in [3.05, 3.63) is 58.6 Å². The van der Waals surface area contributed by atoms with Crippen molar-refractivity contribution in [1.82, 2.24) is 5.32 Å². The topological polar surface area (TPSA) is 113 Å². The summed E-state index contributed by atoms with van der Waals surface area (Å²) in [5, 5.41) is 11.8. The first-order valence-corrected chi connectivity index (χ1v) is 9.59. The van der Waals surface area contributed by atoms with E-state index in [1.54, 1.807) is 12.1 Å². The molecule has 0 unspecified atom stereocenters. The average molecular weight is 395 g/mol. The summed E-state index contributed by atoms with van der Waals surface area (Å²) in [7, 11) is -4.11. The molecular weight excluding hydrogens is 380 g/mol. The van der Waals surface area contributed by atoms with Crippen LogP contribution in [0.25, 0.3) is 0 Å². The largest absolute Gasteiger partial charge is 0.478 e. The van der Waals surface area contributed by atoms with Gasteiger partial charge in [-0.2, -0.15) is 0 Å². The highest BCUT2D eigenvalue weighted by atomic mass is 35.5. The van der Waals surface area contributed by atoms with Crippen molar-refractivity contribution < 1.29 is 23.1 Å². The highest BCUT2D eigenvalue weighted by Gasteiger charge is 2.26. The fourth-order valence-electron chi connectivity index (χ4n) is 2.30. The Balaban J connectivity index is 1.92. The quantitative estimate of drug-likeness (QED) is 0.697. The van der Waals surface area contributed by atoms with Gasteiger partial charge < -0.3 is 10.4 Å². The molecule has 0 radical (unpaired) electrons. The number of benzene rings is 2. The number of aromatic carboxylic acids is 1. The predicted molar refractivity (Wildman–Crippen MR) is 96.2 cm³/mol. The second-order valence-corrected chi connectivity index (χ2v) is 7.94. The smallest absolute Gasteiger partial charge is 0.337 e. The van der Waals surface area contributed by atoms with Gasteiger partial charge in [0.15, 0.2) is 0 Å². The van der Waals surface area contributed by atoms with E-state index in [-0.39, 0.29) is 38.7 Å². The molecule has 0 aromatic heterocycles. The van der Waals surface area contributed by atoms with Gasteiger partial charge >= 0.3 is 5.97 Å². The third-order valence-electron chi connectivity index (χ3n) is 3.81. The molecular formula is C17H15ClN2O5S. The standard InChI is InChI=1S/C17H15ClN2O5S/c18-14-8-7-11(9-13(14)17(22)23)26(24,25)20-15-4-2-1-3-12(15)16(21)19-10-5-6-10/h1-4,7-10,20H,5-6H2,(H,19,21)(H,22,23). The van der Waals surface area contributed by atoms with Crippen molar-refractivity contribution in [3.8, 4) is 0 Å². The van der Waals surface area contributed by atoms with Crippen LogP contribution in [0.4, 0.5) is 5.69 Å². The van der Waals surface area contributed by atoms with Gasteiger partial charge in [0, 0.05) is 6.04 Å². The van der Waals surface area contributed by atoms with Crippen molar-refractivity contribution in [3.63, 3.8) is 0 Å². The number of carboxylic acid groups (broad SMARTS) is 1. The SMILES string of the molecule is O=C(O)c1cc(S(=O)(=O)Nc2ccccc2C(=O)NC2CC2)ccc1Cl. The maximum atomic E-state index is 12.6. The molecule has 2 aromatic carbocycles. The van der Waals surface area contributed by atoms with Gasteiger partial charge in [-0.15, -0.1) is 0 Å². The van der Waals surface area contributed by atoms with Crippen LogP contribution in [0.1, 0.15) is 33.6 Å². The molecule has 9 heteroatoms. The number of hydrogen-bond donors (Lipinski definition) is 3. The number of carbonyl (C=O) groups is 2. The van der Waals surface area contributed by atoms with Crippen LogP contribution in [0.3, 0.4) is 0 Å². The Bertz CT molecular complexity index is 986. The molecule has 136 valence electrons. The molecule has 26 heavy (non-hydrogen) atoms. The van der Waals surface area contributed by atoms with Crippen LogP contribution in [-0.4, -0.2) is 31.4 Å². The minimum absolute atomic E-state index is 0.0688. The van der Waals surface area contributed by atoms with Crippen LogP contribution in [0.15, 0.2) is 47.4 Å². The molecule has 2 aromatic rings. The van der Waals surface area contributed by atoms with Crippen LogP contribution in [0.5, 0.6) is 0 Å². The molecule has 1 amide bonds. The number of carbonyl (C=O) groups excluding carboxylic acids is 1. The summed E-state index contributed by atoms with van der Waals surface area (Å²) in [6.45, 7) is 0. The van der Waals surface area contributed by atoms with Crippen LogP contribution in [0.2, 0.25) is 5.02 Å². The maximum absolute atomic E-state index is 12.6. The van der Waals surface area contributed by atoms with E-state index >= 15 is 0 Å². The molecule has 0 spiro atoms. The van der Waals surface area contributed by atoms with Crippen molar-refractivity contribution in [2.24, 2.45) is 0 Å². The highest BCUT2D eigenvalue weighted by molar-refractivity contribution is 7.92. The van der Waals surface area contributed by atoms with Crippen molar-refractivity contribution in [1.29, 1.82) is 0 Å². The van der Waals surface area contributed by atoms with Crippen LogP contribution >= 0.6 is 11.6 Å². The normalized spacial score (nSPS) is 13.9. The lowest BCUT2D eigenvalue weighted by atomic mass is 10.1. The van der Waals surface area contributed by atoms with E-state index in [9.17, 15) is 18.0 Å². The summed E-state index contributed by atoms with van der Waals surface area (Å²) < 4.78 is 27.6. The number of nitrogens with one attached hydrogen (secondary N) is 2. The number of para-hydroxylation sites is 1. The van der Waals surface area contributed by atoms with Crippen molar-refractivity contribution >= 4 is 39.2 Å². The molecule has 7 nitrogen and oxygen atoms in total. The van der Waals surface area contributed by atoms with E-state index in [4.69, 9.17) is 16.7 Å². The van der Waals surface area contributed by atoms with Gasteiger partial charge in [0.05, 0.1) is 26.7 Å². The summed E-state index contributed by atoms with van der Waals surface area (Å²) in [5.41, 5.74) is -0.0258. The van der Waals surface area contributed by atoms with E-state index < -0.39 is 16.0 Å². The Morgan fingerprint density at radius 2 is 1.77 bits per heavy atom. The van der Waals surface area contributed by atoms with Gasteiger partial charge in [-0.25, -0.2) is 13.2 Å². The predicted octanol–water partition coefficient (Wildman–Crippen LogP) is 2.73. The molecule has 0 aliphatic heterocycles. The lowest BCUT2D eigenvalue weighted by Crippen LogP contribution is -2.27. The zero-order valence-electron chi connectivity index (χ0n) is 13.4. The number of sulfonamides is 1. The molecule has 0 bridgehead atoms. The Hall–Kier alpha value is -2.58. The van der Waals surface area contributed by atoms with Crippen LogP contribution < -0.4 is 10.0 Å². The van der Waals surface area contributed by atoms with Gasteiger partial charge in [-0.1, -0.05) is 23.7 Å². The lowest BCUT2D eigenvalue weighted by Gasteiger charge is -2.13. The summed E-state index contributed by atoms with van der Waals surface area (Å²) in [6.07, 6.45) is 1.81. The zero-order valence-corrected chi connectivity index (χ0v) is 15.0. The molecule has 0 heterocycles. The Morgan fingerprint density at radius 3 is 2.42 bits per heavy atom. The average Bonchev–Trinajstić information content (AvgIpc) is 3.38. The van der Waals surface area contributed by atoms with Crippen molar-refractivity contribution in [2.75, 3.05) is 4.72 Å². The van der Waals surface area contributed by atoms with Crippen molar-refractivity contribution in [2.45, 2.75) is 23.8 Å². The van der Waals surface area contributed by atoms with E-state index in [1.165, 1.54) is 24.3 Å². The number of halogens is 1. The summed E-state index contributed by atoms with van der Waals surface area (Å²) in [6, 6.07) is 9.70. The molecule has 0 atom stereocenters. The first kappa shape index (κ1) is 18.2. The lowest BCUT2D eigenvalue weighted by molar-refractivity contribution is 0.0696. The monoisotopic (exact) mass is 394 g/mol. The van der Waals surface area contributed by atoms with E-state index in [2.05, 4.69) is 10.0 Å². The summed E-state index contributed by atoms with van der Waals surface area (Å²) in [4.78, 5) is 23.2.